The van der Waals surface area contributed by atoms with Crippen LogP contribution >= 0.6 is 11.3 Å². The maximum Gasteiger partial charge on any atom is 0.282 e. The van der Waals surface area contributed by atoms with Gasteiger partial charge in [-0.3, -0.25) is 4.79 Å². The van der Waals surface area contributed by atoms with E-state index in [-0.39, 0.29) is 11.9 Å². The number of nitrogens with zero attached hydrogens (tertiary/aromatic N) is 1. The third kappa shape index (κ3) is 3.79. The number of hydrogen-bond acceptors (Lipinski definition) is 3. The Morgan fingerprint density at radius 3 is 2.62 bits per heavy atom. The molecule has 0 unspecified atom stereocenters. The minimum atomic E-state index is 0.0138. The highest BCUT2D eigenvalue weighted by Crippen LogP contribution is 2.24. The Labute approximate surface area is 157 Å². The fourth-order valence-electron chi connectivity index (χ4n) is 3.57. The van der Waals surface area contributed by atoms with E-state index in [2.05, 4.69) is 29.6 Å². The van der Waals surface area contributed by atoms with E-state index >= 15 is 0 Å². The SMILES string of the molecule is C[C@@H](C(=O)Nc1ccc(Cc2nc3ccccc3s2)cc1)[NH+]1CCCC1. The van der Waals surface area contributed by atoms with Crippen molar-refractivity contribution in [2.24, 2.45) is 0 Å². The normalized spacial score (nSPS) is 16.0. The molecule has 1 atom stereocenters. The Bertz CT molecular complexity index is 864. The quantitative estimate of drug-likeness (QED) is 0.729. The number of fused-ring (bicyclic) bond motifs is 1. The lowest BCUT2D eigenvalue weighted by Crippen LogP contribution is -3.14. The van der Waals surface area contributed by atoms with Gasteiger partial charge >= 0.3 is 0 Å². The largest absolute Gasteiger partial charge is 0.325 e. The first-order valence-corrected chi connectivity index (χ1v) is 10.1. The van der Waals surface area contributed by atoms with Crippen molar-refractivity contribution >= 4 is 33.1 Å². The summed E-state index contributed by atoms with van der Waals surface area (Å²) >= 11 is 1.74. The first-order valence-electron chi connectivity index (χ1n) is 9.28. The van der Waals surface area contributed by atoms with Crippen LogP contribution in [0.1, 0.15) is 30.3 Å². The zero-order chi connectivity index (χ0) is 17.9. The number of thiazole rings is 1. The molecule has 3 aromatic rings. The molecule has 134 valence electrons. The average Bonchev–Trinajstić information content (AvgIpc) is 3.31. The van der Waals surface area contributed by atoms with E-state index in [1.807, 2.05) is 31.2 Å². The molecule has 1 fully saturated rings. The zero-order valence-electron chi connectivity index (χ0n) is 15.0. The second-order valence-corrected chi connectivity index (χ2v) is 8.14. The number of rotatable bonds is 5. The number of benzene rings is 2. The topological polar surface area (TPSA) is 46.4 Å². The molecule has 26 heavy (non-hydrogen) atoms. The Kier molecular flexibility index (Phi) is 5.00. The number of amides is 1. The summed E-state index contributed by atoms with van der Waals surface area (Å²) in [5.74, 6) is 0.112. The molecule has 2 heterocycles. The van der Waals surface area contributed by atoms with E-state index in [4.69, 9.17) is 4.98 Å². The summed E-state index contributed by atoms with van der Waals surface area (Å²) in [6.07, 6.45) is 3.28. The van der Waals surface area contributed by atoms with Crippen molar-refractivity contribution in [2.45, 2.75) is 32.2 Å². The monoisotopic (exact) mass is 366 g/mol. The molecular formula is C21H24N3OS+. The molecule has 5 heteroatoms. The van der Waals surface area contributed by atoms with Gasteiger partial charge in [-0.1, -0.05) is 24.3 Å². The van der Waals surface area contributed by atoms with Gasteiger partial charge < -0.3 is 10.2 Å². The zero-order valence-corrected chi connectivity index (χ0v) is 15.8. The molecule has 1 aliphatic heterocycles. The molecule has 0 saturated carbocycles. The molecular weight excluding hydrogens is 342 g/mol. The maximum atomic E-state index is 12.4. The summed E-state index contributed by atoms with van der Waals surface area (Å²) in [6.45, 7) is 4.24. The molecule has 1 saturated heterocycles. The first-order chi connectivity index (χ1) is 12.7. The third-order valence-electron chi connectivity index (χ3n) is 5.17. The second-order valence-electron chi connectivity index (χ2n) is 7.03. The number of carbonyl (C=O) groups excluding carboxylic acids is 1. The van der Waals surface area contributed by atoms with E-state index in [1.54, 1.807) is 11.3 Å². The van der Waals surface area contributed by atoms with Gasteiger partial charge in [-0.15, -0.1) is 11.3 Å². The Balaban J connectivity index is 1.39. The van der Waals surface area contributed by atoms with Crippen molar-refractivity contribution < 1.29 is 9.69 Å². The fraction of sp³-hybridized carbons (Fsp3) is 0.333. The van der Waals surface area contributed by atoms with Gasteiger partial charge in [0.05, 0.1) is 28.3 Å². The van der Waals surface area contributed by atoms with Crippen LogP contribution in [0.4, 0.5) is 5.69 Å². The summed E-state index contributed by atoms with van der Waals surface area (Å²) < 4.78 is 1.23. The van der Waals surface area contributed by atoms with Crippen LogP contribution in [0.2, 0.25) is 0 Å². The molecule has 2 aromatic carbocycles. The van der Waals surface area contributed by atoms with Crippen LogP contribution < -0.4 is 10.2 Å². The van der Waals surface area contributed by atoms with Crippen LogP contribution in [0.25, 0.3) is 10.2 Å². The predicted octanol–water partition coefficient (Wildman–Crippen LogP) is 2.89. The fourth-order valence-corrected chi connectivity index (χ4v) is 4.58. The molecule has 4 rings (SSSR count). The van der Waals surface area contributed by atoms with Crippen LogP contribution in [0.3, 0.4) is 0 Å². The summed E-state index contributed by atoms with van der Waals surface area (Å²) in [5, 5.41) is 4.18. The van der Waals surface area contributed by atoms with E-state index in [0.717, 1.165) is 35.7 Å². The highest BCUT2D eigenvalue weighted by atomic mass is 32.1. The average molecular weight is 367 g/mol. The number of para-hydroxylation sites is 1. The number of nitrogens with one attached hydrogen (secondary N) is 2. The highest BCUT2D eigenvalue weighted by Gasteiger charge is 2.27. The second kappa shape index (κ2) is 7.56. The van der Waals surface area contributed by atoms with Gasteiger partial charge in [0.2, 0.25) is 0 Å². The molecule has 0 bridgehead atoms. The maximum absolute atomic E-state index is 12.4. The lowest BCUT2D eigenvalue weighted by Gasteiger charge is -2.20. The number of anilines is 1. The number of quaternary nitrogens is 1. The standard InChI is InChI=1S/C21H23N3OS/c1-15(24-12-4-5-13-24)21(25)22-17-10-8-16(9-11-17)14-20-23-18-6-2-3-7-19(18)26-20/h2-3,6-11,15H,4-5,12-14H2,1H3,(H,22,25)/p+1/t15-/m0/s1. The smallest absolute Gasteiger partial charge is 0.282 e. The molecule has 2 N–H and O–H groups in total. The molecule has 0 radical (unpaired) electrons. The molecule has 1 aromatic heterocycles. The first kappa shape index (κ1) is 17.2. The number of aromatic nitrogens is 1. The van der Waals surface area contributed by atoms with Crippen molar-refractivity contribution in [3.05, 3.63) is 59.1 Å². The van der Waals surface area contributed by atoms with Crippen LogP contribution in [0.15, 0.2) is 48.5 Å². The van der Waals surface area contributed by atoms with E-state index in [0.29, 0.717) is 0 Å². The molecule has 0 spiro atoms. The van der Waals surface area contributed by atoms with Crippen molar-refractivity contribution in [2.75, 3.05) is 18.4 Å². The number of likely N-dealkylation sites (tertiary alicyclic amines) is 1. The number of hydrogen-bond donors (Lipinski definition) is 2. The summed E-state index contributed by atoms with van der Waals surface area (Å²) in [5.41, 5.74) is 3.14. The van der Waals surface area contributed by atoms with Gasteiger partial charge in [0.25, 0.3) is 5.91 Å². The van der Waals surface area contributed by atoms with Crippen LogP contribution in [0.5, 0.6) is 0 Å². The summed E-state index contributed by atoms with van der Waals surface area (Å²) in [7, 11) is 0. The lowest BCUT2D eigenvalue weighted by molar-refractivity contribution is -0.901. The van der Waals surface area contributed by atoms with Crippen molar-refractivity contribution in [1.29, 1.82) is 0 Å². The van der Waals surface area contributed by atoms with E-state index in [9.17, 15) is 4.79 Å². The summed E-state index contributed by atoms with van der Waals surface area (Å²) in [6, 6.07) is 16.4. The van der Waals surface area contributed by atoms with E-state index in [1.165, 1.54) is 28.0 Å². The molecule has 1 aliphatic rings. The molecule has 4 nitrogen and oxygen atoms in total. The van der Waals surface area contributed by atoms with Crippen LogP contribution in [-0.2, 0) is 11.2 Å². The van der Waals surface area contributed by atoms with Crippen molar-refractivity contribution in [1.82, 2.24) is 4.98 Å². The Morgan fingerprint density at radius 1 is 1.15 bits per heavy atom. The minimum absolute atomic E-state index is 0.0138. The van der Waals surface area contributed by atoms with Gasteiger partial charge in [0.15, 0.2) is 6.04 Å². The van der Waals surface area contributed by atoms with Crippen LogP contribution in [0, 0.1) is 0 Å². The van der Waals surface area contributed by atoms with Gasteiger partial charge in [-0.05, 0) is 36.8 Å². The van der Waals surface area contributed by atoms with E-state index < -0.39 is 0 Å². The minimum Gasteiger partial charge on any atom is -0.325 e. The van der Waals surface area contributed by atoms with Gasteiger partial charge in [-0.25, -0.2) is 4.98 Å². The van der Waals surface area contributed by atoms with Gasteiger partial charge in [0.1, 0.15) is 0 Å². The lowest BCUT2D eigenvalue weighted by atomic mass is 10.1. The summed E-state index contributed by atoms with van der Waals surface area (Å²) in [4.78, 5) is 18.5. The van der Waals surface area contributed by atoms with Crippen molar-refractivity contribution in [3.8, 4) is 0 Å². The molecule has 1 amide bonds. The van der Waals surface area contributed by atoms with Crippen LogP contribution in [-0.4, -0.2) is 30.0 Å². The predicted molar refractivity (Wildman–Crippen MR) is 107 cm³/mol. The third-order valence-corrected chi connectivity index (χ3v) is 6.20. The highest BCUT2D eigenvalue weighted by molar-refractivity contribution is 7.18. The Morgan fingerprint density at radius 2 is 1.88 bits per heavy atom. The number of carbonyl (C=O) groups is 1. The van der Waals surface area contributed by atoms with Crippen molar-refractivity contribution in [3.63, 3.8) is 0 Å². The van der Waals surface area contributed by atoms with Gasteiger partial charge in [0, 0.05) is 24.9 Å². The Hall–Kier alpha value is -2.24. The molecule has 0 aliphatic carbocycles. The van der Waals surface area contributed by atoms with Gasteiger partial charge in [-0.2, -0.15) is 0 Å².